The van der Waals surface area contributed by atoms with Crippen molar-refractivity contribution >= 4 is 17.3 Å². The Kier molecular flexibility index (Phi) is 3.46. The van der Waals surface area contributed by atoms with E-state index in [0.29, 0.717) is 10.7 Å². The van der Waals surface area contributed by atoms with Gasteiger partial charge < -0.3 is 0 Å². The van der Waals surface area contributed by atoms with Crippen molar-refractivity contribution in [2.24, 2.45) is 0 Å². The van der Waals surface area contributed by atoms with Gasteiger partial charge in [0.05, 0.1) is 6.57 Å². The first-order chi connectivity index (χ1) is 8.29. The van der Waals surface area contributed by atoms with E-state index in [2.05, 4.69) is 16.7 Å². The average molecular weight is 238 g/mol. The molecular formula is C15H8ClN. The normalized spacial score (nSPS) is 8.94. The molecule has 0 spiro atoms. The molecule has 0 aliphatic rings. The number of hydrogen-bond acceptors (Lipinski definition) is 0. The van der Waals surface area contributed by atoms with Gasteiger partial charge in [-0.3, -0.25) is 0 Å². The zero-order valence-electron chi connectivity index (χ0n) is 8.94. The zero-order valence-corrected chi connectivity index (χ0v) is 9.70. The first-order valence-corrected chi connectivity index (χ1v) is 5.41. The van der Waals surface area contributed by atoms with Crippen molar-refractivity contribution in [2.75, 3.05) is 0 Å². The summed E-state index contributed by atoms with van der Waals surface area (Å²) < 4.78 is 0. The first kappa shape index (κ1) is 11.3. The summed E-state index contributed by atoms with van der Waals surface area (Å²) >= 11 is 5.87. The lowest BCUT2D eigenvalue weighted by molar-refractivity contribution is 1.63. The highest BCUT2D eigenvalue weighted by Crippen LogP contribution is 2.17. The maximum absolute atomic E-state index is 7.04. The predicted molar refractivity (Wildman–Crippen MR) is 70.1 cm³/mol. The zero-order chi connectivity index (χ0) is 12.1. The molecule has 2 rings (SSSR count). The van der Waals surface area contributed by atoms with Crippen molar-refractivity contribution in [3.63, 3.8) is 0 Å². The van der Waals surface area contributed by atoms with Crippen LogP contribution in [0.25, 0.3) is 4.85 Å². The van der Waals surface area contributed by atoms with E-state index < -0.39 is 0 Å². The molecule has 1 nitrogen and oxygen atoms in total. The predicted octanol–water partition coefficient (Wildman–Crippen LogP) is 4.29. The quantitative estimate of drug-likeness (QED) is 0.476. The van der Waals surface area contributed by atoms with Crippen LogP contribution in [0.3, 0.4) is 0 Å². The Hall–Kier alpha value is -2.22. The fraction of sp³-hybridized carbons (Fsp3) is 0. The van der Waals surface area contributed by atoms with E-state index in [9.17, 15) is 0 Å². The lowest BCUT2D eigenvalue weighted by Gasteiger charge is -1.94. The van der Waals surface area contributed by atoms with Crippen molar-refractivity contribution in [1.29, 1.82) is 0 Å². The van der Waals surface area contributed by atoms with Crippen molar-refractivity contribution in [3.05, 3.63) is 76.1 Å². The van der Waals surface area contributed by atoms with E-state index in [-0.39, 0.29) is 0 Å². The molecule has 0 N–H and O–H groups in total. The highest BCUT2D eigenvalue weighted by Gasteiger charge is 1.96. The molecule has 0 heterocycles. The minimum atomic E-state index is 0.571. The number of hydrogen-bond donors (Lipinski definition) is 0. The van der Waals surface area contributed by atoms with Gasteiger partial charge in [0.25, 0.3) is 0 Å². The van der Waals surface area contributed by atoms with E-state index in [4.69, 9.17) is 18.2 Å². The second-order valence-electron chi connectivity index (χ2n) is 3.39. The van der Waals surface area contributed by atoms with Gasteiger partial charge in [-0.25, -0.2) is 4.85 Å². The molecule has 0 saturated carbocycles. The van der Waals surface area contributed by atoms with Gasteiger partial charge in [-0.1, -0.05) is 53.8 Å². The van der Waals surface area contributed by atoms with E-state index >= 15 is 0 Å². The van der Waals surface area contributed by atoms with Gasteiger partial charge in [-0.2, -0.15) is 0 Å². The Morgan fingerprint density at radius 2 is 1.82 bits per heavy atom. The highest BCUT2D eigenvalue weighted by molar-refractivity contribution is 6.30. The van der Waals surface area contributed by atoms with Crippen LogP contribution in [0.15, 0.2) is 48.5 Å². The minimum Gasteiger partial charge on any atom is -0.237 e. The van der Waals surface area contributed by atoms with Crippen molar-refractivity contribution in [1.82, 2.24) is 0 Å². The van der Waals surface area contributed by atoms with E-state index in [0.717, 1.165) is 11.1 Å². The van der Waals surface area contributed by atoms with E-state index in [1.165, 1.54) is 0 Å². The number of halogens is 1. The average Bonchev–Trinajstić information content (AvgIpc) is 2.37. The molecule has 0 aliphatic carbocycles. The summed E-state index contributed by atoms with van der Waals surface area (Å²) in [5.41, 5.74) is 2.15. The molecule has 0 radical (unpaired) electrons. The summed E-state index contributed by atoms with van der Waals surface area (Å²) in [4.78, 5) is 3.42. The molecule has 2 aromatic carbocycles. The number of para-hydroxylation sites is 1. The topological polar surface area (TPSA) is 4.36 Å². The first-order valence-electron chi connectivity index (χ1n) is 5.03. The SMILES string of the molecule is [C-]#[N+]c1ccccc1C#Cc1cccc(Cl)c1. The molecule has 0 bridgehead atoms. The molecule has 0 unspecified atom stereocenters. The Morgan fingerprint density at radius 1 is 1.00 bits per heavy atom. The Balaban J connectivity index is 2.37. The van der Waals surface area contributed by atoms with Crippen LogP contribution < -0.4 is 0 Å². The maximum Gasteiger partial charge on any atom is 0.202 e. The summed E-state index contributed by atoms with van der Waals surface area (Å²) in [7, 11) is 0. The molecule has 2 heteroatoms. The van der Waals surface area contributed by atoms with Gasteiger partial charge in [-0.15, -0.1) is 0 Å². The summed E-state index contributed by atoms with van der Waals surface area (Å²) in [6.07, 6.45) is 0. The van der Waals surface area contributed by atoms with Gasteiger partial charge in [0.15, 0.2) is 0 Å². The summed E-state index contributed by atoms with van der Waals surface area (Å²) in [6.45, 7) is 7.04. The molecule has 0 aromatic heterocycles. The highest BCUT2D eigenvalue weighted by atomic mass is 35.5. The van der Waals surface area contributed by atoms with Crippen LogP contribution in [-0.4, -0.2) is 0 Å². The van der Waals surface area contributed by atoms with Crippen LogP contribution >= 0.6 is 11.6 Å². The van der Waals surface area contributed by atoms with E-state index in [1.807, 2.05) is 30.3 Å². The standard InChI is InChI=1S/C15H8ClN/c1-17-15-8-3-2-6-13(15)10-9-12-5-4-7-14(16)11-12/h2-8,11H. The molecule has 80 valence electrons. The van der Waals surface area contributed by atoms with Gasteiger partial charge >= 0.3 is 0 Å². The van der Waals surface area contributed by atoms with Crippen LogP contribution in [0.1, 0.15) is 11.1 Å². The van der Waals surface area contributed by atoms with Gasteiger partial charge in [0.2, 0.25) is 5.69 Å². The molecule has 0 amide bonds. The second-order valence-corrected chi connectivity index (χ2v) is 3.83. The molecule has 0 atom stereocenters. The summed E-state index contributed by atoms with van der Waals surface area (Å²) in [5, 5.41) is 0.662. The Bertz CT molecular complexity index is 642. The van der Waals surface area contributed by atoms with Crippen molar-refractivity contribution in [2.45, 2.75) is 0 Å². The molecule has 17 heavy (non-hydrogen) atoms. The van der Waals surface area contributed by atoms with Crippen LogP contribution in [-0.2, 0) is 0 Å². The molecule has 0 saturated heterocycles. The fourth-order valence-corrected chi connectivity index (χ4v) is 1.57. The lowest BCUT2D eigenvalue weighted by atomic mass is 10.1. The van der Waals surface area contributed by atoms with Gasteiger partial charge in [-0.05, 0) is 18.2 Å². The van der Waals surface area contributed by atoms with Gasteiger partial charge in [0, 0.05) is 16.1 Å². The third-order valence-electron chi connectivity index (χ3n) is 2.19. The number of rotatable bonds is 0. The lowest BCUT2D eigenvalue weighted by Crippen LogP contribution is -1.76. The smallest absolute Gasteiger partial charge is 0.202 e. The third-order valence-corrected chi connectivity index (χ3v) is 2.43. The van der Waals surface area contributed by atoms with Crippen molar-refractivity contribution in [3.8, 4) is 11.8 Å². The van der Waals surface area contributed by atoms with Crippen LogP contribution in [0.4, 0.5) is 5.69 Å². The second kappa shape index (κ2) is 5.21. The fourth-order valence-electron chi connectivity index (χ4n) is 1.38. The summed E-state index contributed by atoms with van der Waals surface area (Å²) in [5.74, 6) is 5.98. The van der Waals surface area contributed by atoms with Crippen molar-refractivity contribution < 1.29 is 0 Å². The summed E-state index contributed by atoms with van der Waals surface area (Å²) in [6, 6.07) is 14.6. The Labute approximate surface area is 105 Å². The Morgan fingerprint density at radius 3 is 2.59 bits per heavy atom. The maximum atomic E-state index is 7.04. The monoisotopic (exact) mass is 237 g/mol. The van der Waals surface area contributed by atoms with Crippen LogP contribution in [0, 0.1) is 18.4 Å². The number of nitrogens with zero attached hydrogens (tertiary/aromatic N) is 1. The third kappa shape index (κ3) is 2.88. The largest absolute Gasteiger partial charge is 0.237 e. The molecule has 0 fully saturated rings. The molecule has 0 aliphatic heterocycles. The van der Waals surface area contributed by atoms with E-state index in [1.54, 1.807) is 18.2 Å². The van der Waals surface area contributed by atoms with Crippen LogP contribution in [0.5, 0.6) is 0 Å². The molecule has 2 aromatic rings. The van der Waals surface area contributed by atoms with Crippen LogP contribution in [0.2, 0.25) is 5.02 Å². The molecular weight excluding hydrogens is 230 g/mol. The minimum absolute atomic E-state index is 0.571. The van der Waals surface area contributed by atoms with Gasteiger partial charge in [0.1, 0.15) is 0 Å². The number of benzene rings is 2.